The van der Waals surface area contributed by atoms with E-state index in [0.29, 0.717) is 51.3 Å². The molecule has 1 atom stereocenters. The summed E-state index contributed by atoms with van der Waals surface area (Å²) in [5.74, 6) is 0.761. The second kappa shape index (κ2) is 14.5. The Bertz CT molecular complexity index is 1390. The molecule has 12 heteroatoms. The lowest BCUT2D eigenvalue weighted by atomic mass is 10.0. The second-order valence-corrected chi connectivity index (χ2v) is 10.3. The van der Waals surface area contributed by atoms with Gasteiger partial charge in [-0.2, -0.15) is 5.10 Å². The average Bonchev–Trinajstić information content (AvgIpc) is 3.35. The zero-order chi connectivity index (χ0) is 29.2. The Morgan fingerprint density at radius 3 is 2.60 bits per heavy atom. The van der Waals surface area contributed by atoms with Gasteiger partial charge in [-0.1, -0.05) is 37.0 Å². The van der Waals surface area contributed by atoms with Gasteiger partial charge in [-0.3, -0.25) is 19.7 Å². The van der Waals surface area contributed by atoms with Crippen LogP contribution in [0.2, 0.25) is 10.0 Å². The van der Waals surface area contributed by atoms with Gasteiger partial charge in [0.1, 0.15) is 23.3 Å². The molecular formula is C28H30Cl2N4O6. The maximum atomic E-state index is 12.8. The van der Waals surface area contributed by atoms with E-state index in [9.17, 15) is 19.7 Å². The smallest absolute Gasteiger partial charge is 0.269 e. The zero-order valence-electron chi connectivity index (χ0n) is 22.3. The number of rotatable bonds is 13. The van der Waals surface area contributed by atoms with E-state index < -0.39 is 16.9 Å². The highest BCUT2D eigenvalue weighted by atomic mass is 35.5. The van der Waals surface area contributed by atoms with Crippen LogP contribution in [-0.4, -0.2) is 35.6 Å². The van der Waals surface area contributed by atoms with Gasteiger partial charge in [-0.05, 0) is 67.6 Å². The Hall–Kier alpha value is -3.89. The molecule has 0 radical (unpaired) electrons. The van der Waals surface area contributed by atoms with Crippen molar-refractivity contribution < 1.29 is 23.7 Å². The number of carbonyl (C=O) groups excluding carboxylic acids is 2. The minimum atomic E-state index is -0.772. The number of nitro groups is 1. The zero-order valence-corrected chi connectivity index (χ0v) is 23.8. The minimum absolute atomic E-state index is 0.00321. The van der Waals surface area contributed by atoms with Gasteiger partial charge in [-0.25, -0.2) is 5.43 Å². The van der Waals surface area contributed by atoms with E-state index in [2.05, 4.69) is 15.8 Å². The van der Waals surface area contributed by atoms with Crippen molar-refractivity contribution >= 4 is 46.9 Å². The molecule has 1 heterocycles. The number of furan rings is 1. The van der Waals surface area contributed by atoms with Crippen molar-refractivity contribution in [2.45, 2.75) is 46.1 Å². The first-order valence-corrected chi connectivity index (χ1v) is 13.3. The van der Waals surface area contributed by atoms with Crippen molar-refractivity contribution in [3.63, 3.8) is 0 Å². The third-order valence-electron chi connectivity index (χ3n) is 5.74. The molecule has 0 bridgehead atoms. The monoisotopic (exact) mass is 588 g/mol. The number of hydrazone groups is 1. The van der Waals surface area contributed by atoms with Crippen LogP contribution in [0.4, 0.5) is 5.69 Å². The first kappa shape index (κ1) is 30.6. The van der Waals surface area contributed by atoms with Crippen LogP contribution >= 0.6 is 23.2 Å². The highest BCUT2D eigenvalue weighted by Crippen LogP contribution is 2.29. The summed E-state index contributed by atoms with van der Waals surface area (Å²) in [7, 11) is 0. The Kier molecular flexibility index (Phi) is 11.1. The number of non-ortho nitro benzene ring substituents is 1. The molecule has 3 aromatic rings. The van der Waals surface area contributed by atoms with Crippen molar-refractivity contribution in [1.29, 1.82) is 0 Å². The third kappa shape index (κ3) is 9.10. The topological polar surface area (TPSA) is 136 Å². The molecule has 0 aliphatic carbocycles. The van der Waals surface area contributed by atoms with E-state index in [0.717, 1.165) is 0 Å². The number of halogens is 2. The van der Waals surface area contributed by atoms with Crippen LogP contribution in [0.15, 0.2) is 58.0 Å². The molecule has 3 rings (SSSR count). The second-order valence-electron chi connectivity index (χ2n) is 9.47. The molecule has 0 aliphatic rings. The van der Waals surface area contributed by atoms with Gasteiger partial charge in [0.2, 0.25) is 5.91 Å². The predicted octanol–water partition coefficient (Wildman–Crippen LogP) is 6.31. The van der Waals surface area contributed by atoms with Crippen LogP contribution in [0.3, 0.4) is 0 Å². The fourth-order valence-electron chi connectivity index (χ4n) is 3.82. The number of hydrogen-bond donors (Lipinski definition) is 2. The molecular weight excluding hydrogens is 559 g/mol. The molecule has 40 heavy (non-hydrogen) atoms. The van der Waals surface area contributed by atoms with Crippen molar-refractivity contribution in [2.75, 3.05) is 6.61 Å². The summed E-state index contributed by atoms with van der Waals surface area (Å²) in [5, 5.41) is 18.6. The predicted molar refractivity (Wildman–Crippen MR) is 154 cm³/mol. The first-order chi connectivity index (χ1) is 19.0. The number of nitrogens with one attached hydrogen (secondary N) is 2. The summed E-state index contributed by atoms with van der Waals surface area (Å²) in [6.07, 6.45) is 2.35. The van der Waals surface area contributed by atoms with E-state index in [1.165, 1.54) is 18.3 Å². The minimum Gasteiger partial charge on any atom is -0.492 e. The molecule has 0 aliphatic heterocycles. The number of hydrogen-bond acceptors (Lipinski definition) is 7. The molecule has 0 saturated heterocycles. The maximum Gasteiger partial charge on any atom is 0.269 e. The summed E-state index contributed by atoms with van der Waals surface area (Å²) >= 11 is 12.0. The number of benzene rings is 2. The summed E-state index contributed by atoms with van der Waals surface area (Å²) < 4.78 is 11.4. The molecule has 10 nitrogen and oxygen atoms in total. The molecule has 0 unspecified atom stereocenters. The van der Waals surface area contributed by atoms with Crippen LogP contribution in [0.5, 0.6) is 5.75 Å². The van der Waals surface area contributed by atoms with Gasteiger partial charge in [-0.15, -0.1) is 0 Å². The van der Waals surface area contributed by atoms with E-state index in [4.69, 9.17) is 32.4 Å². The molecule has 0 fully saturated rings. The highest BCUT2D eigenvalue weighted by molar-refractivity contribution is 6.35. The van der Waals surface area contributed by atoms with Crippen LogP contribution < -0.4 is 15.5 Å². The number of carbonyl (C=O) groups is 2. The quantitative estimate of drug-likeness (QED) is 0.104. The van der Waals surface area contributed by atoms with E-state index >= 15 is 0 Å². The number of amides is 2. The van der Waals surface area contributed by atoms with Gasteiger partial charge < -0.3 is 14.5 Å². The lowest BCUT2D eigenvalue weighted by molar-refractivity contribution is -0.384. The van der Waals surface area contributed by atoms with E-state index in [-0.39, 0.29) is 30.5 Å². The molecule has 0 spiro atoms. The van der Waals surface area contributed by atoms with Crippen molar-refractivity contribution in [1.82, 2.24) is 10.7 Å². The fraction of sp³-hybridized carbons (Fsp3) is 0.321. The van der Waals surface area contributed by atoms with Gasteiger partial charge in [0.25, 0.3) is 11.6 Å². The van der Waals surface area contributed by atoms with Gasteiger partial charge >= 0.3 is 0 Å². The normalized spacial score (nSPS) is 11.9. The van der Waals surface area contributed by atoms with Crippen LogP contribution in [-0.2, 0) is 9.59 Å². The summed E-state index contributed by atoms with van der Waals surface area (Å²) in [6, 6.07) is 12.0. The molecule has 1 aromatic heterocycles. The maximum absolute atomic E-state index is 12.8. The Morgan fingerprint density at radius 2 is 1.93 bits per heavy atom. The lowest BCUT2D eigenvalue weighted by Gasteiger charge is -2.19. The Labute approximate surface area is 241 Å². The van der Waals surface area contributed by atoms with E-state index in [1.54, 1.807) is 43.3 Å². The standard InChI is InChI=1S/C28H30Cl2N4O6/c1-17(2)13-24(32-27(35)5-4-12-39-26-10-6-19(29)15-23(26)30)28(36)33-31-16-21-8-11-25(40-21)22-9-7-20(34(37)38)14-18(22)3/h6-11,14-17,24H,4-5,12-13H2,1-3H3,(H,32,35)(H,33,36)/b31-16-/t24-/m1/s1. The molecule has 212 valence electrons. The molecule has 2 N–H and O–H groups in total. The van der Waals surface area contributed by atoms with E-state index in [1.807, 2.05) is 13.8 Å². The fourth-order valence-corrected chi connectivity index (χ4v) is 4.28. The number of aryl methyl sites for hydroxylation is 1. The van der Waals surface area contributed by atoms with Gasteiger partial charge in [0.05, 0.1) is 22.8 Å². The van der Waals surface area contributed by atoms with Crippen molar-refractivity contribution in [3.8, 4) is 17.1 Å². The summed E-state index contributed by atoms with van der Waals surface area (Å²) in [6.45, 7) is 5.92. The molecule has 2 amide bonds. The SMILES string of the molecule is Cc1cc([N+](=O)[O-])ccc1-c1ccc(/C=N\NC(=O)[C@@H](CC(C)C)NC(=O)CCCOc2ccc(Cl)cc2Cl)o1. The van der Waals surface area contributed by atoms with Gasteiger partial charge in [0, 0.05) is 29.1 Å². The first-order valence-electron chi connectivity index (χ1n) is 12.6. The Balaban J connectivity index is 1.51. The average molecular weight is 589 g/mol. The number of ether oxygens (including phenoxy) is 1. The number of nitro benzene ring substituents is 1. The largest absolute Gasteiger partial charge is 0.492 e. The third-order valence-corrected chi connectivity index (χ3v) is 6.27. The van der Waals surface area contributed by atoms with Crippen molar-refractivity contribution in [3.05, 3.63) is 80.0 Å². The molecule has 2 aromatic carbocycles. The molecule has 0 saturated carbocycles. The van der Waals surface area contributed by atoms with Crippen LogP contribution in [0, 0.1) is 23.0 Å². The number of nitrogens with zero attached hydrogens (tertiary/aromatic N) is 2. The summed E-state index contributed by atoms with van der Waals surface area (Å²) in [4.78, 5) is 35.8. The lowest BCUT2D eigenvalue weighted by Crippen LogP contribution is -2.46. The Morgan fingerprint density at radius 1 is 1.15 bits per heavy atom. The summed E-state index contributed by atoms with van der Waals surface area (Å²) in [5.41, 5.74) is 3.84. The van der Waals surface area contributed by atoms with Crippen LogP contribution in [0.25, 0.3) is 11.3 Å². The van der Waals surface area contributed by atoms with Gasteiger partial charge in [0.15, 0.2) is 0 Å². The van der Waals surface area contributed by atoms with Crippen LogP contribution in [0.1, 0.15) is 44.4 Å². The van der Waals surface area contributed by atoms with Crippen molar-refractivity contribution in [2.24, 2.45) is 11.0 Å². The highest BCUT2D eigenvalue weighted by Gasteiger charge is 2.21.